The first-order chi connectivity index (χ1) is 18.3. The standard InChI is InChI=1S/C29H28N2O5S2/c1-5-35-18-10-11-19(21(15-18)36-6-2)26(32)24-25(22-8-7-13-37-22)31(28(34)27(24)33)29-30-20-12-9-17(16(3)4)14-23(20)38-29/h7-16,25,32H,5-6H2,1-4H3/b26-24+. The number of benzene rings is 2. The molecule has 9 heteroatoms. The van der Waals surface area contributed by atoms with Gasteiger partial charge in [0, 0.05) is 10.9 Å². The van der Waals surface area contributed by atoms with Crippen molar-refractivity contribution in [1.82, 2.24) is 4.98 Å². The Labute approximate surface area is 229 Å². The smallest absolute Gasteiger partial charge is 0.301 e. The number of aliphatic hydroxyl groups excluding tert-OH is 1. The number of fused-ring (bicyclic) bond motifs is 1. The summed E-state index contributed by atoms with van der Waals surface area (Å²) in [6.07, 6.45) is 0. The van der Waals surface area contributed by atoms with Crippen molar-refractivity contribution in [3.05, 3.63) is 75.5 Å². The van der Waals surface area contributed by atoms with Crippen LogP contribution in [0.25, 0.3) is 16.0 Å². The molecule has 1 unspecified atom stereocenters. The summed E-state index contributed by atoms with van der Waals surface area (Å²) in [5, 5.41) is 13.8. The molecule has 0 aliphatic carbocycles. The van der Waals surface area contributed by atoms with Crippen LogP contribution in [0, 0.1) is 0 Å². The maximum atomic E-state index is 13.5. The molecule has 1 aliphatic rings. The number of rotatable bonds is 8. The Morgan fingerprint density at radius 2 is 1.87 bits per heavy atom. The second-order valence-electron chi connectivity index (χ2n) is 9.09. The largest absolute Gasteiger partial charge is 0.507 e. The Morgan fingerprint density at radius 1 is 1.08 bits per heavy atom. The lowest BCUT2D eigenvalue weighted by Crippen LogP contribution is -2.28. The van der Waals surface area contributed by atoms with Crippen LogP contribution in [0.3, 0.4) is 0 Å². The lowest BCUT2D eigenvalue weighted by Gasteiger charge is -2.21. The highest BCUT2D eigenvalue weighted by Gasteiger charge is 2.48. The molecule has 0 spiro atoms. The lowest BCUT2D eigenvalue weighted by atomic mass is 9.99. The number of Topliss-reactive ketones (excluding diaryl/α,β-unsaturated/α-hetero) is 1. The summed E-state index contributed by atoms with van der Waals surface area (Å²) in [4.78, 5) is 33.9. The number of aromatic nitrogens is 1. The SMILES string of the molecule is CCOc1ccc(/C(O)=C2\C(=O)C(=O)N(c3nc4ccc(C(C)C)cc4s3)C2c2cccs2)c(OCC)c1. The molecule has 1 fully saturated rings. The van der Waals surface area contributed by atoms with Gasteiger partial charge in [0.15, 0.2) is 5.13 Å². The third-order valence-electron chi connectivity index (χ3n) is 6.35. The monoisotopic (exact) mass is 548 g/mol. The molecule has 3 heterocycles. The van der Waals surface area contributed by atoms with E-state index in [0.29, 0.717) is 41.3 Å². The van der Waals surface area contributed by atoms with Crippen LogP contribution >= 0.6 is 22.7 Å². The Balaban J connectivity index is 1.67. The minimum Gasteiger partial charge on any atom is -0.507 e. The second kappa shape index (κ2) is 10.6. The maximum absolute atomic E-state index is 13.5. The van der Waals surface area contributed by atoms with Crippen LogP contribution in [0.4, 0.5) is 5.13 Å². The van der Waals surface area contributed by atoms with Crippen LogP contribution in [0.1, 0.15) is 55.7 Å². The van der Waals surface area contributed by atoms with Crippen molar-refractivity contribution in [2.75, 3.05) is 18.1 Å². The second-order valence-corrected chi connectivity index (χ2v) is 11.1. The summed E-state index contributed by atoms with van der Waals surface area (Å²) in [6, 6.07) is 14.0. The number of ether oxygens (including phenoxy) is 2. The van der Waals surface area contributed by atoms with Gasteiger partial charge in [-0.1, -0.05) is 37.3 Å². The minimum atomic E-state index is -0.818. The summed E-state index contributed by atoms with van der Waals surface area (Å²) in [5.74, 6) is -0.486. The van der Waals surface area contributed by atoms with Gasteiger partial charge in [0.1, 0.15) is 23.3 Å². The molecule has 7 nitrogen and oxygen atoms in total. The van der Waals surface area contributed by atoms with E-state index in [1.807, 2.05) is 43.5 Å². The highest BCUT2D eigenvalue weighted by atomic mass is 32.1. The summed E-state index contributed by atoms with van der Waals surface area (Å²) < 4.78 is 12.3. The molecule has 4 aromatic rings. The highest BCUT2D eigenvalue weighted by Crippen LogP contribution is 2.46. The number of carbonyl (C=O) groups excluding carboxylic acids is 2. The summed E-state index contributed by atoms with van der Waals surface area (Å²) in [5.41, 5.74) is 2.25. The number of hydrogen-bond acceptors (Lipinski definition) is 8. The number of thiazole rings is 1. The number of hydrogen-bond donors (Lipinski definition) is 1. The van der Waals surface area contributed by atoms with Gasteiger partial charge in [-0.05, 0) is 61.0 Å². The zero-order valence-corrected chi connectivity index (χ0v) is 23.2. The molecule has 1 aliphatic heterocycles. The number of amides is 1. The van der Waals surface area contributed by atoms with E-state index in [4.69, 9.17) is 14.5 Å². The zero-order chi connectivity index (χ0) is 27.0. The zero-order valence-electron chi connectivity index (χ0n) is 21.6. The first-order valence-electron chi connectivity index (χ1n) is 12.5. The molecule has 196 valence electrons. The topological polar surface area (TPSA) is 89.0 Å². The van der Waals surface area contributed by atoms with Gasteiger partial charge in [0.25, 0.3) is 5.78 Å². The fraction of sp³-hybridized carbons (Fsp3) is 0.276. The Morgan fingerprint density at radius 3 is 2.55 bits per heavy atom. The molecule has 2 aromatic heterocycles. The molecule has 1 amide bonds. The molecule has 0 bridgehead atoms. The minimum absolute atomic E-state index is 0.00434. The van der Waals surface area contributed by atoms with Crippen LogP contribution in [0.2, 0.25) is 0 Å². The molecular formula is C29H28N2O5S2. The Kier molecular flexibility index (Phi) is 7.23. The van der Waals surface area contributed by atoms with Gasteiger partial charge in [-0.3, -0.25) is 14.5 Å². The van der Waals surface area contributed by atoms with Crippen LogP contribution in [0.5, 0.6) is 11.5 Å². The average molecular weight is 549 g/mol. The van der Waals surface area contributed by atoms with E-state index in [1.54, 1.807) is 18.2 Å². The lowest BCUT2D eigenvalue weighted by molar-refractivity contribution is -0.132. The third kappa shape index (κ3) is 4.56. The molecule has 38 heavy (non-hydrogen) atoms. The van der Waals surface area contributed by atoms with Crippen molar-refractivity contribution in [3.8, 4) is 11.5 Å². The molecule has 5 rings (SSSR count). The molecule has 1 N–H and O–H groups in total. The van der Waals surface area contributed by atoms with E-state index in [-0.39, 0.29) is 11.3 Å². The first-order valence-corrected chi connectivity index (χ1v) is 14.2. The third-order valence-corrected chi connectivity index (χ3v) is 8.29. The number of carbonyl (C=O) groups is 2. The fourth-order valence-corrected chi connectivity index (χ4v) is 6.38. The van der Waals surface area contributed by atoms with Crippen molar-refractivity contribution in [3.63, 3.8) is 0 Å². The van der Waals surface area contributed by atoms with Crippen LogP contribution in [0.15, 0.2) is 59.5 Å². The van der Waals surface area contributed by atoms with Crippen molar-refractivity contribution >= 4 is 55.5 Å². The average Bonchev–Trinajstić information content (AvgIpc) is 3.62. The predicted octanol–water partition coefficient (Wildman–Crippen LogP) is 6.90. The molecular weight excluding hydrogens is 520 g/mol. The van der Waals surface area contributed by atoms with Crippen molar-refractivity contribution in [2.24, 2.45) is 0 Å². The molecule has 2 aromatic carbocycles. The van der Waals surface area contributed by atoms with E-state index in [9.17, 15) is 14.7 Å². The highest BCUT2D eigenvalue weighted by molar-refractivity contribution is 7.22. The van der Waals surface area contributed by atoms with Crippen LogP contribution < -0.4 is 14.4 Å². The van der Waals surface area contributed by atoms with Gasteiger partial charge in [0.2, 0.25) is 0 Å². The predicted molar refractivity (Wildman–Crippen MR) is 152 cm³/mol. The number of thiophene rings is 1. The number of anilines is 1. The molecule has 0 radical (unpaired) electrons. The van der Waals surface area contributed by atoms with Gasteiger partial charge in [-0.25, -0.2) is 4.98 Å². The van der Waals surface area contributed by atoms with E-state index in [1.165, 1.54) is 33.1 Å². The fourth-order valence-electron chi connectivity index (χ4n) is 4.51. The van der Waals surface area contributed by atoms with Gasteiger partial charge < -0.3 is 14.6 Å². The Hall–Kier alpha value is -3.69. The quantitative estimate of drug-likeness (QED) is 0.146. The van der Waals surface area contributed by atoms with Crippen molar-refractivity contribution in [2.45, 2.75) is 39.7 Å². The maximum Gasteiger partial charge on any atom is 0.301 e. The number of aliphatic hydroxyl groups is 1. The number of ketones is 1. The normalized spacial score (nSPS) is 17.1. The van der Waals surface area contributed by atoms with E-state index < -0.39 is 17.7 Å². The van der Waals surface area contributed by atoms with E-state index in [2.05, 4.69) is 19.9 Å². The summed E-state index contributed by atoms with van der Waals surface area (Å²) >= 11 is 2.77. The van der Waals surface area contributed by atoms with Gasteiger partial charge >= 0.3 is 5.91 Å². The van der Waals surface area contributed by atoms with Crippen molar-refractivity contribution < 1.29 is 24.2 Å². The van der Waals surface area contributed by atoms with E-state index >= 15 is 0 Å². The van der Waals surface area contributed by atoms with Gasteiger partial charge in [0.05, 0.1) is 34.6 Å². The van der Waals surface area contributed by atoms with E-state index in [0.717, 1.165) is 15.1 Å². The molecule has 1 saturated heterocycles. The van der Waals surface area contributed by atoms with Gasteiger partial charge in [-0.15, -0.1) is 11.3 Å². The first kappa shape index (κ1) is 25.9. The molecule has 1 atom stereocenters. The summed E-state index contributed by atoms with van der Waals surface area (Å²) in [6.45, 7) is 8.78. The Bertz CT molecular complexity index is 1540. The van der Waals surface area contributed by atoms with Crippen LogP contribution in [-0.4, -0.2) is 35.0 Å². The summed E-state index contributed by atoms with van der Waals surface area (Å²) in [7, 11) is 0. The number of nitrogens with zero attached hydrogens (tertiary/aromatic N) is 2. The van der Waals surface area contributed by atoms with Crippen LogP contribution in [-0.2, 0) is 9.59 Å². The van der Waals surface area contributed by atoms with Crippen molar-refractivity contribution in [1.29, 1.82) is 0 Å². The molecule has 0 saturated carbocycles. The van der Waals surface area contributed by atoms with Gasteiger partial charge in [-0.2, -0.15) is 0 Å².